The van der Waals surface area contributed by atoms with Crippen LogP contribution in [0.5, 0.6) is 0 Å². The summed E-state index contributed by atoms with van der Waals surface area (Å²) in [4.78, 5) is 26.6. The largest absolute Gasteiger partial charge is 0.354 e. The van der Waals surface area contributed by atoms with Crippen LogP contribution in [0.4, 0.5) is 0 Å². The van der Waals surface area contributed by atoms with Crippen molar-refractivity contribution in [3.05, 3.63) is 47.8 Å². The zero-order valence-electron chi connectivity index (χ0n) is 15.1. The highest BCUT2D eigenvalue weighted by atomic mass is 16.2. The standard InChI is InChI=1S/C19H25N5O2/c1-15(18(25)20-11-10-16-8-4-2-5-9-16)24-14-17(21-22-24)19(26)23-12-6-3-7-13-23/h2,4-5,8-9,14-15H,3,6-7,10-13H2,1H3,(H,20,25). The minimum atomic E-state index is -0.513. The summed E-state index contributed by atoms with van der Waals surface area (Å²) in [6.45, 7) is 3.84. The van der Waals surface area contributed by atoms with Gasteiger partial charge in [0.25, 0.3) is 5.91 Å². The van der Waals surface area contributed by atoms with Crippen LogP contribution in [0, 0.1) is 0 Å². The summed E-state index contributed by atoms with van der Waals surface area (Å²) in [6, 6.07) is 9.49. The van der Waals surface area contributed by atoms with Gasteiger partial charge >= 0.3 is 0 Å². The van der Waals surface area contributed by atoms with Crippen molar-refractivity contribution in [2.75, 3.05) is 19.6 Å². The molecule has 1 aliphatic heterocycles. The summed E-state index contributed by atoms with van der Waals surface area (Å²) in [5, 5.41) is 10.9. The number of amides is 2. The Morgan fingerprint density at radius 3 is 2.62 bits per heavy atom. The molecule has 7 heteroatoms. The average molecular weight is 355 g/mol. The van der Waals surface area contributed by atoms with Crippen LogP contribution in [-0.4, -0.2) is 51.3 Å². The summed E-state index contributed by atoms with van der Waals surface area (Å²) in [5.74, 6) is -0.240. The molecule has 2 heterocycles. The van der Waals surface area contributed by atoms with Gasteiger partial charge in [0.2, 0.25) is 5.91 Å². The molecule has 1 aromatic carbocycles. The molecular formula is C19H25N5O2. The third-order valence-electron chi connectivity index (χ3n) is 4.70. The van der Waals surface area contributed by atoms with E-state index in [0.717, 1.165) is 38.8 Å². The Balaban J connectivity index is 1.52. The van der Waals surface area contributed by atoms with E-state index in [1.807, 2.05) is 35.2 Å². The highest BCUT2D eigenvalue weighted by molar-refractivity contribution is 5.92. The second kappa shape index (κ2) is 8.60. The monoisotopic (exact) mass is 355 g/mol. The zero-order chi connectivity index (χ0) is 18.4. The maximum Gasteiger partial charge on any atom is 0.276 e. The van der Waals surface area contributed by atoms with E-state index in [2.05, 4.69) is 15.6 Å². The maximum absolute atomic E-state index is 12.4. The van der Waals surface area contributed by atoms with Crippen LogP contribution in [-0.2, 0) is 11.2 Å². The molecule has 3 rings (SSSR count). The number of likely N-dealkylation sites (tertiary alicyclic amines) is 1. The van der Waals surface area contributed by atoms with Crippen molar-refractivity contribution in [1.82, 2.24) is 25.2 Å². The summed E-state index contributed by atoms with van der Waals surface area (Å²) >= 11 is 0. The van der Waals surface area contributed by atoms with Crippen LogP contribution < -0.4 is 5.32 Å². The quantitative estimate of drug-likeness (QED) is 0.857. The number of rotatable bonds is 6. The molecule has 1 N–H and O–H groups in total. The van der Waals surface area contributed by atoms with Crippen LogP contribution in [0.2, 0.25) is 0 Å². The molecule has 1 saturated heterocycles. The molecule has 0 aliphatic carbocycles. The molecule has 1 atom stereocenters. The lowest BCUT2D eigenvalue weighted by Crippen LogP contribution is -2.35. The number of hydrogen-bond donors (Lipinski definition) is 1. The van der Waals surface area contributed by atoms with Gasteiger partial charge in [0.1, 0.15) is 6.04 Å². The van der Waals surface area contributed by atoms with Crippen LogP contribution >= 0.6 is 0 Å². The molecule has 0 saturated carbocycles. The first-order valence-corrected chi connectivity index (χ1v) is 9.18. The molecule has 0 spiro atoms. The van der Waals surface area contributed by atoms with E-state index in [9.17, 15) is 9.59 Å². The SMILES string of the molecule is CC(C(=O)NCCc1ccccc1)n1cc(C(=O)N2CCCCC2)nn1. The Labute approximate surface area is 153 Å². The van der Waals surface area contributed by atoms with Crippen molar-refractivity contribution in [3.63, 3.8) is 0 Å². The smallest absolute Gasteiger partial charge is 0.276 e. The van der Waals surface area contributed by atoms with E-state index in [4.69, 9.17) is 0 Å². The second-order valence-electron chi connectivity index (χ2n) is 6.64. The number of aromatic nitrogens is 3. The lowest BCUT2D eigenvalue weighted by molar-refractivity contribution is -0.124. The Hall–Kier alpha value is -2.70. The van der Waals surface area contributed by atoms with Gasteiger partial charge in [-0.3, -0.25) is 9.59 Å². The lowest BCUT2D eigenvalue weighted by atomic mass is 10.1. The fourth-order valence-electron chi connectivity index (χ4n) is 3.07. The Morgan fingerprint density at radius 2 is 1.88 bits per heavy atom. The molecule has 1 unspecified atom stereocenters. The van der Waals surface area contributed by atoms with E-state index < -0.39 is 6.04 Å². The number of nitrogens with one attached hydrogen (secondary N) is 1. The highest BCUT2D eigenvalue weighted by Crippen LogP contribution is 2.13. The molecular weight excluding hydrogens is 330 g/mol. The second-order valence-corrected chi connectivity index (χ2v) is 6.64. The Morgan fingerprint density at radius 1 is 1.15 bits per heavy atom. The molecule has 1 fully saturated rings. The third-order valence-corrected chi connectivity index (χ3v) is 4.70. The van der Waals surface area contributed by atoms with Gasteiger partial charge in [-0.2, -0.15) is 0 Å². The van der Waals surface area contributed by atoms with Gasteiger partial charge < -0.3 is 10.2 Å². The average Bonchev–Trinajstić information content (AvgIpc) is 3.18. The number of carbonyl (C=O) groups is 2. The van der Waals surface area contributed by atoms with Crippen LogP contribution in [0.15, 0.2) is 36.5 Å². The predicted octanol–water partition coefficient (Wildman–Crippen LogP) is 1.82. The van der Waals surface area contributed by atoms with Gasteiger partial charge in [-0.1, -0.05) is 35.5 Å². The Kier molecular flexibility index (Phi) is 5.99. The molecule has 26 heavy (non-hydrogen) atoms. The predicted molar refractivity (Wildman–Crippen MR) is 97.6 cm³/mol. The molecule has 1 aromatic heterocycles. The van der Waals surface area contributed by atoms with Gasteiger partial charge in [-0.15, -0.1) is 5.10 Å². The maximum atomic E-state index is 12.4. The van der Waals surface area contributed by atoms with Crippen molar-refractivity contribution in [2.24, 2.45) is 0 Å². The third kappa shape index (κ3) is 4.47. The molecule has 0 radical (unpaired) electrons. The lowest BCUT2D eigenvalue weighted by Gasteiger charge is -2.25. The first-order chi connectivity index (χ1) is 12.6. The van der Waals surface area contributed by atoms with Gasteiger partial charge in [-0.05, 0) is 38.2 Å². The summed E-state index contributed by atoms with van der Waals surface area (Å²) in [7, 11) is 0. The normalized spacial score (nSPS) is 15.5. The fraction of sp³-hybridized carbons (Fsp3) is 0.474. The zero-order valence-corrected chi connectivity index (χ0v) is 15.1. The minimum Gasteiger partial charge on any atom is -0.354 e. The first kappa shape index (κ1) is 18.1. The van der Waals surface area contributed by atoms with Crippen molar-refractivity contribution < 1.29 is 9.59 Å². The Bertz CT molecular complexity index is 737. The van der Waals surface area contributed by atoms with E-state index in [1.165, 1.54) is 10.2 Å². The van der Waals surface area contributed by atoms with Crippen LogP contribution in [0.1, 0.15) is 48.3 Å². The number of benzene rings is 1. The van der Waals surface area contributed by atoms with Gasteiger partial charge in [0, 0.05) is 19.6 Å². The highest BCUT2D eigenvalue weighted by Gasteiger charge is 2.23. The summed E-state index contributed by atoms with van der Waals surface area (Å²) in [5.41, 5.74) is 1.48. The topological polar surface area (TPSA) is 80.1 Å². The van der Waals surface area contributed by atoms with Crippen molar-refractivity contribution in [1.29, 1.82) is 0 Å². The van der Waals surface area contributed by atoms with Crippen molar-refractivity contribution >= 4 is 11.8 Å². The number of hydrogen-bond acceptors (Lipinski definition) is 4. The van der Waals surface area contributed by atoms with Crippen molar-refractivity contribution in [3.8, 4) is 0 Å². The molecule has 2 aromatic rings. The molecule has 0 bridgehead atoms. The molecule has 2 amide bonds. The first-order valence-electron chi connectivity index (χ1n) is 9.18. The van der Waals surface area contributed by atoms with E-state index in [1.54, 1.807) is 13.1 Å². The number of nitrogens with zero attached hydrogens (tertiary/aromatic N) is 4. The van der Waals surface area contributed by atoms with E-state index in [-0.39, 0.29) is 11.8 Å². The minimum absolute atomic E-state index is 0.104. The number of piperidine rings is 1. The van der Waals surface area contributed by atoms with E-state index in [0.29, 0.717) is 12.2 Å². The van der Waals surface area contributed by atoms with Gasteiger partial charge in [0.05, 0.1) is 6.20 Å². The fourth-order valence-corrected chi connectivity index (χ4v) is 3.07. The number of carbonyl (C=O) groups excluding carboxylic acids is 2. The summed E-state index contributed by atoms with van der Waals surface area (Å²) < 4.78 is 1.45. The molecule has 1 aliphatic rings. The van der Waals surface area contributed by atoms with Crippen molar-refractivity contribution in [2.45, 2.75) is 38.6 Å². The summed E-state index contributed by atoms with van der Waals surface area (Å²) in [6.07, 6.45) is 5.56. The van der Waals surface area contributed by atoms with Gasteiger partial charge in [-0.25, -0.2) is 4.68 Å². The van der Waals surface area contributed by atoms with Crippen LogP contribution in [0.25, 0.3) is 0 Å². The van der Waals surface area contributed by atoms with Gasteiger partial charge in [0.15, 0.2) is 5.69 Å². The molecule has 138 valence electrons. The van der Waals surface area contributed by atoms with E-state index >= 15 is 0 Å². The van der Waals surface area contributed by atoms with Crippen LogP contribution in [0.3, 0.4) is 0 Å². The molecule has 7 nitrogen and oxygen atoms in total.